The molecule has 0 aliphatic rings. The van der Waals surface area contributed by atoms with Crippen LogP contribution in [-0.2, 0) is 9.53 Å². The van der Waals surface area contributed by atoms with E-state index in [4.69, 9.17) is 9.47 Å². The second kappa shape index (κ2) is 8.98. The van der Waals surface area contributed by atoms with Crippen molar-refractivity contribution in [1.82, 2.24) is 0 Å². The number of amides is 1. The van der Waals surface area contributed by atoms with E-state index in [0.717, 1.165) is 0 Å². The average Bonchev–Trinajstić information content (AvgIpc) is 3.21. The third-order valence-corrected chi connectivity index (χ3v) is 4.74. The first-order valence-electron chi connectivity index (χ1n) is 8.51. The van der Waals surface area contributed by atoms with Crippen molar-refractivity contribution in [3.8, 4) is 11.5 Å². The quantitative estimate of drug-likeness (QED) is 0.344. The molecule has 0 fully saturated rings. The molecule has 0 saturated heterocycles. The Kier molecular flexibility index (Phi) is 6.20. The lowest BCUT2D eigenvalue weighted by atomic mass is 10.2. The van der Waals surface area contributed by atoms with E-state index in [2.05, 4.69) is 5.32 Å². The maximum atomic E-state index is 12.2. The van der Waals surface area contributed by atoms with Crippen molar-refractivity contribution in [3.63, 3.8) is 0 Å². The number of para-hydroxylation sites is 1. The average molecular weight is 412 g/mol. The summed E-state index contributed by atoms with van der Waals surface area (Å²) in [7, 11) is 0. The summed E-state index contributed by atoms with van der Waals surface area (Å²) in [5.74, 6) is -0.0231. The van der Waals surface area contributed by atoms with Gasteiger partial charge in [-0.3, -0.25) is 14.9 Å². The second-order valence-electron chi connectivity index (χ2n) is 5.87. The normalized spacial score (nSPS) is 11.3. The van der Waals surface area contributed by atoms with Crippen LogP contribution in [0.1, 0.15) is 16.6 Å². The molecule has 9 heteroatoms. The zero-order chi connectivity index (χ0) is 20.8. The number of nitro groups is 1. The van der Waals surface area contributed by atoms with Crippen molar-refractivity contribution in [1.29, 1.82) is 0 Å². The number of esters is 1. The van der Waals surface area contributed by atoms with Crippen LogP contribution >= 0.6 is 11.3 Å². The molecule has 1 atom stereocenters. The van der Waals surface area contributed by atoms with E-state index in [1.54, 1.807) is 24.3 Å². The first kappa shape index (κ1) is 20.0. The van der Waals surface area contributed by atoms with Gasteiger partial charge >= 0.3 is 11.0 Å². The van der Waals surface area contributed by atoms with Crippen LogP contribution < -0.4 is 10.1 Å². The van der Waals surface area contributed by atoms with Gasteiger partial charge in [0.1, 0.15) is 16.4 Å². The largest absolute Gasteiger partial charge is 0.457 e. The third-order valence-electron chi connectivity index (χ3n) is 3.73. The van der Waals surface area contributed by atoms with Crippen LogP contribution in [0.25, 0.3) is 0 Å². The van der Waals surface area contributed by atoms with Crippen molar-refractivity contribution < 1.29 is 24.0 Å². The number of benzene rings is 2. The van der Waals surface area contributed by atoms with Gasteiger partial charge in [0.15, 0.2) is 6.10 Å². The minimum atomic E-state index is -1.08. The van der Waals surface area contributed by atoms with Gasteiger partial charge in [0.05, 0.1) is 4.92 Å². The number of nitrogens with one attached hydrogen (secondary N) is 1. The molecule has 8 nitrogen and oxygen atoms in total. The number of carbonyl (C=O) groups excluding carboxylic acids is 2. The Morgan fingerprint density at radius 3 is 2.28 bits per heavy atom. The third kappa shape index (κ3) is 5.39. The molecule has 0 bridgehead atoms. The fraction of sp³-hybridized carbons (Fsp3) is 0.100. The molecule has 1 amide bonds. The Bertz CT molecular complexity index is 1020. The molecule has 0 saturated carbocycles. The highest BCUT2D eigenvalue weighted by Crippen LogP contribution is 2.25. The van der Waals surface area contributed by atoms with Crippen molar-refractivity contribution >= 4 is 33.9 Å². The van der Waals surface area contributed by atoms with E-state index in [9.17, 15) is 19.7 Å². The summed E-state index contributed by atoms with van der Waals surface area (Å²) in [6.07, 6.45) is -1.08. The number of hydrogen-bond donors (Lipinski definition) is 1. The molecule has 148 valence electrons. The number of hydrogen-bond acceptors (Lipinski definition) is 7. The lowest BCUT2D eigenvalue weighted by Gasteiger charge is -2.13. The van der Waals surface area contributed by atoms with E-state index in [0.29, 0.717) is 28.5 Å². The fourth-order valence-electron chi connectivity index (χ4n) is 2.28. The summed E-state index contributed by atoms with van der Waals surface area (Å²) in [5, 5.41) is 13.1. The second-order valence-corrected chi connectivity index (χ2v) is 6.93. The molecule has 3 aromatic rings. The van der Waals surface area contributed by atoms with E-state index < -0.39 is 22.9 Å². The number of anilines is 1. The Hall–Kier alpha value is -3.72. The van der Waals surface area contributed by atoms with E-state index >= 15 is 0 Å². The molecule has 3 rings (SSSR count). The predicted molar refractivity (Wildman–Crippen MR) is 107 cm³/mol. The molecular formula is C20H16N2O6S. The lowest BCUT2D eigenvalue weighted by Crippen LogP contribution is -2.29. The van der Waals surface area contributed by atoms with Gasteiger partial charge in [-0.25, -0.2) is 4.79 Å². The minimum absolute atomic E-state index is 0.0544. The van der Waals surface area contributed by atoms with Crippen LogP contribution in [-0.4, -0.2) is 22.9 Å². The summed E-state index contributed by atoms with van der Waals surface area (Å²) in [6.45, 7) is 1.42. The first-order chi connectivity index (χ1) is 13.9. The maximum Gasteiger partial charge on any atom is 0.349 e. The zero-order valence-electron chi connectivity index (χ0n) is 15.2. The molecule has 1 N–H and O–H groups in total. The molecular weight excluding hydrogens is 396 g/mol. The summed E-state index contributed by atoms with van der Waals surface area (Å²) in [6, 6.07) is 18.5. The summed E-state index contributed by atoms with van der Waals surface area (Å²) < 4.78 is 10.8. The Morgan fingerprint density at radius 1 is 1.00 bits per heavy atom. The summed E-state index contributed by atoms with van der Waals surface area (Å²) in [4.78, 5) is 34.4. The maximum absolute atomic E-state index is 12.2. The monoisotopic (exact) mass is 412 g/mol. The fourth-order valence-corrected chi connectivity index (χ4v) is 2.99. The number of rotatable bonds is 7. The Balaban J connectivity index is 1.54. The number of thiophene rings is 1. The molecule has 0 radical (unpaired) electrons. The molecule has 29 heavy (non-hydrogen) atoms. The van der Waals surface area contributed by atoms with E-state index in [1.807, 2.05) is 30.3 Å². The van der Waals surface area contributed by atoms with Crippen LogP contribution in [0, 0.1) is 10.1 Å². The van der Waals surface area contributed by atoms with Crippen LogP contribution in [0.15, 0.2) is 66.7 Å². The van der Waals surface area contributed by atoms with Gasteiger partial charge in [0, 0.05) is 11.8 Å². The van der Waals surface area contributed by atoms with Crippen LogP contribution in [0.5, 0.6) is 11.5 Å². The van der Waals surface area contributed by atoms with Crippen LogP contribution in [0.2, 0.25) is 0 Å². The molecule has 1 heterocycles. The van der Waals surface area contributed by atoms with Crippen molar-refractivity contribution in [2.24, 2.45) is 0 Å². The minimum Gasteiger partial charge on any atom is -0.457 e. The Labute approximate surface area is 169 Å². The van der Waals surface area contributed by atoms with Gasteiger partial charge in [0.2, 0.25) is 0 Å². The van der Waals surface area contributed by atoms with Gasteiger partial charge in [-0.15, -0.1) is 0 Å². The number of ether oxygens (including phenoxy) is 2. The molecule has 2 aromatic carbocycles. The van der Waals surface area contributed by atoms with Gasteiger partial charge in [0.25, 0.3) is 5.91 Å². The van der Waals surface area contributed by atoms with Gasteiger partial charge < -0.3 is 14.8 Å². The van der Waals surface area contributed by atoms with Gasteiger partial charge in [-0.2, -0.15) is 0 Å². The van der Waals surface area contributed by atoms with Crippen LogP contribution in [0.3, 0.4) is 0 Å². The van der Waals surface area contributed by atoms with E-state index in [-0.39, 0.29) is 9.88 Å². The topological polar surface area (TPSA) is 108 Å². The number of nitrogens with zero attached hydrogens (tertiary/aromatic N) is 1. The summed E-state index contributed by atoms with van der Waals surface area (Å²) >= 11 is 0.690. The number of carbonyl (C=O) groups is 2. The summed E-state index contributed by atoms with van der Waals surface area (Å²) in [5.41, 5.74) is 0.505. The highest BCUT2D eigenvalue weighted by Gasteiger charge is 2.22. The zero-order valence-corrected chi connectivity index (χ0v) is 16.0. The van der Waals surface area contributed by atoms with Crippen molar-refractivity contribution in [2.75, 3.05) is 5.32 Å². The van der Waals surface area contributed by atoms with Crippen molar-refractivity contribution in [2.45, 2.75) is 13.0 Å². The molecule has 1 unspecified atom stereocenters. The molecule has 0 aliphatic heterocycles. The van der Waals surface area contributed by atoms with Crippen LogP contribution in [0.4, 0.5) is 10.7 Å². The SMILES string of the molecule is CC(OC(=O)c1ccc([N+](=O)[O-])s1)C(=O)Nc1ccc(Oc2ccccc2)cc1. The predicted octanol–water partition coefficient (Wildman–Crippen LogP) is 4.63. The molecule has 1 aromatic heterocycles. The molecule has 0 aliphatic carbocycles. The lowest BCUT2D eigenvalue weighted by molar-refractivity contribution is -0.380. The standard InChI is InChI=1S/C20H16N2O6S/c1-13(27-20(24)17-11-12-18(29-17)22(25)26)19(23)21-14-7-9-16(10-8-14)28-15-5-3-2-4-6-15/h2-13H,1H3,(H,21,23). The smallest absolute Gasteiger partial charge is 0.349 e. The van der Waals surface area contributed by atoms with Gasteiger partial charge in [-0.1, -0.05) is 29.5 Å². The first-order valence-corrected chi connectivity index (χ1v) is 9.33. The Morgan fingerprint density at radius 2 is 1.66 bits per heavy atom. The van der Waals surface area contributed by atoms with E-state index in [1.165, 1.54) is 19.1 Å². The highest BCUT2D eigenvalue weighted by molar-refractivity contribution is 7.17. The highest BCUT2D eigenvalue weighted by atomic mass is 32.1. The molecule has 0 spiro atoms. The van der Waals surface area contributed by atoms with Gasteiger partial charge in [-0.05, 0) is 49.4 Å². The van der Waals surface area contributed by atoms with Crippen molar-refractivity contribution in [3.05, 3.63) is 81.7 Å².